The monoisotopic (exact) mass is 1120 g/mol. The van der Waals surface area contributed by atoms with Gasteiger partial charge >= 0.3 is 53.8 Å². The van der Waals surface area contributed by atoms with E-state index in [4.69, 9.17) is 28.0 Å². The predicted octanol–water partition coefficient (Wildman–Crippen LogP) is 10.2. The minimum Gasteiger partial charge on any atom is -1.00 e. The molecule has 1 N–H and O–H groups in total. The van der Waals surface area contributed by atoms with E-state index in [1.54, 1.807) is 33.0 Å². The molecule has 70 heavy (non-hydrogen) atoms. The second-order valence-electron chi connectivity index (χ2n) is 14.9. The van der Waals surface area contributed by atoms with E-state index >= 15 is 0 Å². The van der Waals surface area contributed by atoms with Crippen LogP contribution in [-0.2, 0) is 34.7 Å². The Kier molecular flexibility index (Phi) is 24.0. The number of aromatic nitrogens is 2. The third-order valence-electron chi connectivity index (χ3n) is 10.1. The standard InChI is InChI=1S/C24H26F4N2O4.C23H24F4N2O4.CH3I.Na.H/c1-4-7-17-20(11-10-18-21(17)34-29-22(18)24(26,27)28)33-13-6-12-30(3)15-8-9-16(19(25)14-15)23(31)32-5-2;1-3-6-16-19(10-9-17-20(16)33-29-21(17)23(25,26)27)32-12-5-11-28-14-7-8-15(18(24)13-14)22(30)31-4-2;1-2;;/h8-11,14H,4-7,12-13H2,1-3H3;7-10,13,28H,3-6,11-12H2,1-2H3;1H3;;/q;;;+1;-1. The maximum Gasteiger partial charge on any atom is 1.00 e. The SMILES string of the molecule is CCCc1c(OCCCN(C)c2ccc(C(=O)OCC)c(F)c2)ccc2c(C(F)(F)F)noc12.CCCc1c(OCCCNc2ccc(C(=O)OCC)c(F)c2)ccc2c(C(F)(F)F)noc12.CI.[H-].[Na+]. The van der Waals surface area contributed by atoms with E-state index in [0.29, 0.717) is 85.6 Å². The molecule has 22 heteroatoms. The largest absolute Gasteiger partial charge is 1.00 e. The maximum absolute atomic E-state index is 14.3. The van der Waals surface area contributed by atoms with E-state index in [1.807, 2.05) is 23.7 Å². The van der Waals surface area contributed by atoms with E-state index in [2.05, 4.69) is 38.2 Å². The molecule has 0 bridgehead atoms. The van der Waals surface area contributed by atoms with Crippen LogP contribution < -0.4 is 49.2 Å². The Bertz CT molecular complexity index is 2630. The van der Waals surface area contributed by atoms with Gasteiger partial charge in [-0.05, 0) is 105 Å². The van der Waals surface area contributed by atoms with Crippen LogP contribution in [0.5, 0.6) is 11.5 Å². The molecule has 0 aliphatic rings. The second kappa shape index (κ2) is 28.2. The average Bonchev–Trinajstić information content (AvgIpc) is 3.96. The number of nitrogens with zero attached hydrogens (tertiary/aromatic N) is 3. The molecule has 2 heterocycles. The maximum atomic E-state index is 14.3. The molecular weight excluding hydrogens is 1060 g/mol. The summed E-state index contributed by atoms with van der Waals surface area (Å²) in [4.78, 5) is 27.2. The summed E-state index contributed by atoms with van der Waals surface area (Å²) in [7, 11) is 1.78. The van der Waals surface area contributed by atoms with Crippen LogP contribution in [0.25, 0.3) is 21.9 Å². The number of carbonyl (C=O) groups excluding carboxylic acids is 2. The van der Waals surface area contributed by atoms with Crippen LogP contribution in [0.15, 0.2) is 69.7 Å². The molecule has 0 saturated heterocycles. The number of nitrogens with one attached hydrogen (secondary N) is 1. The second-order valence-corrected chi connectivity index (χ2v) is 14.9. The van der Waals surface area contributed by atoms with Gasteiger partial charge in [-0.25, -0.2) is 18.4 Å². The smallest absolute Gasteiger partial charge is 1.00 e. The summed E-state index contributed by atoms with van der Waals surface area (Å²) in [6.45, 7) is 8.95. The topological polar surface area (TPSA) is 138 Å². The van der Waals surface area contributed by atoms with Crippen LogP contribution in [0.1, 0.15) is 98.0 Å². The number of anilines is 2. The minimum absolute atomic E-state index is 0. The fourth-order valence-corrected chi connectivity index (χ4v) is 6.95. The Balaban J connectivity index is 0.000000458. The first-order valence-corrected chi connectivity index (χ1v) is 24.1. The van der Waals surface area contributed by atoms with Gasteiger partial charge in [0.15, 0.2) is 22.6 Å². The Labute approximate surface area is 437 Å². The molecule has 12 nitrogen and oxygen atoms in total. The van der Waals surface area contributed by atoms with Crippen molar-refractivity contribution in [2.24, 2.45) is 0 Å². The van der Waals surface area contributed by atoms with Crippen LogP contribution >= 0.6 is 22.6 Å². The summed E-state index contributed by atoms with van der Waals surface area (Å²) in [5, 5.41) is 9.28. The number of ether oxygens (including phenoxy) is 4. The number of hydrogen-bond acceptors (Lipinski definition) is 12. The van der Waals surface area contributed by atoms with Crippen molar-refractivity contribution in [2.45, 2.75) is 78.6 Å². The number of benzene rings is 4. The Hall–Kier alpha value is -4.87. The van der Waals surface area contributed by atoms with Gasteiger partial charge < -0.3 is 39.6 Å². The molecule has 6 aromatic rings. The summed E-state index contributed by atoms with van der Waals surface area (Å²) in [5.41, 5.74) is -0.0163. The third-order valence-corrected chi connectivity index (χ3v) is 10.1. The zero-order valence-electron chi connectivity index (χ0n) is 40.8. The van der Waals surface area contributed by atoms with Gasteiger partial charge in [0.25, 0.3) is 0 Å². The molecule has 0 aliphatic heterocycles. The van der Waals surface area contributed by atoms with E-state index in [1.165, 1.54) is 48.5 Å². The van der Waals surface area contributed by atoms with E-state index < -0.39 is 47.3 Å². The summed E-state index contributed by atoms with van der Waals surface area (Å²) >= 11 is 2.15. The fourth-order valence-electron chi connectivity index (χ4n) is 6.95. The van der Waals surface area contributed by atoms with Crippen LogP contribution in [0.2, 0.25) is 0 Å². The normalized spacial score (nSPS) is 11.2. The van der Waals surface area contributed by atoms with Gasteiger partial charge in [0.1, 0.15) is 23.1 Å². The average molecular weight is 1120 g/mol. The van der Waals surface area contributed by atoms with Crippen molar-refractivity contribution < 1.29 is 104 Å². The Morgan fingerprint density at radius 1 is 0.686 bits per heavy atom. The van der Waals surface area contributed by atoms with Gasteiger partial charge in [-0.2, -0.15) is 26.3 Å². The van der Waals surface area contributed by atoms with Crippen molar-refractivity contribution >= 4 is 67.8 Å². The predicted molar refractivity (Wildman–Crippen MR) is 254 cm³/mol. The molecule has 0 aliphatic carbocycles. The first-order valence-electron chi connectivity index (χ1n) is 21.9. The van der Waals surface area contributed by atoms with Crippen LogP contribution in [-0.4, -0.2) is 73.7 Å². The van der Waals surface area contributed by atoms with Crippen molar-refractivity contribution in [1.82, 2.24) is 10.3 Å². The molecule has 2 aromatic heterocycles. The number of rotatable bonds is 20. The number of aryl methyl sites for hydroxylation is 2. The molecule has 4 aromatic carbocycles. The van der Waals surface area contributed by atoms with Gasteiger partial charge in [0.05, 0.1) is 48.3 Å². The fraction of sp³-hybridized carbons (Fsp3) is 0.417. The number of hydrogen-bond donors (Lipinski definition) is 1. The molecule has 0 unspecified atom stereocenters. The van der Waals surface area contributed by atoms with E-state index in [0.717, 1.165) is 0 Å². The minimum atomic E-state index is -4.60. The van der Waals surface area contributed by atoms with Crippen molar-refractivity contribution in [3.8, 4) is 11.5 Å². The van der Waals surface area contributed by atoms with Crippen LogP contribution in [0.4, 0.5) is 46.5 Å². The number of esters is 2. The van der Waals surface area contributed by atoms with Crippen molar-refractivity contribution in [2.75, 3.05) is 61.7 Å². The Morgan fingerprint density at radius 2 is 1.14 bits per heavy atom. The Morgan fingerprint density at radius 3 is 1.57 bits per heavy atom. The molecule has 0 saturated carbocycles. The van der Waals surface area contributed by atoms with Crippen molar-refractivity contribution in [3.05, 3.63) is 106 Å². The van der Waals surface area contributed by atoms with Gasteiger partial charge in [-0.15, -0.1) is 0 Å². The zero-order chi connectivity index (χ0) is 50.9. The van der Waals surface area contributed by atoms with Crippen molar-refractivity contribution in [1.29, 1.82) is 0 Å². The van der Waals surface area contributed by atoms with Gasteiger partial charge in [0.2, 0.25) is 0 Å². The molecule has 0 spiro atoms. The van der Waals surface area contributed by atoms with Crippen molar-refractivity contribution in [3.63, 3.8) is 0 Å². The molecule has 378 valence electrons. The number of halogens is 9. The third kappa shape index (κ3) is 15.8. The summed E-state index contributed by atoms with van der Waals surface area (Å²) in [5.74, 6) is -1.88. The quantitative estimate of drug-likeness (QED) is 0.0195. The number of alkyl halides is 7. The van der Waals surface area contributed by atoms with Crippen LogP contribution in [0, 0.1) is 11.6 Å². The number of fused-ring (bicyclic) bond motifs is 2. The molecule has 0 fully saturated rings. The molecule has 0 amide bonds. The summed E-state index contributed by atoms with van der Waals surface area (Å²) < 4.78 is 138. The van der Waals surface area contributed by atoms with E-state index in [-0.39, 0.29) is 90.5 Å². The van der Waals surface area contributed by atoms with Gasteiger partial charge in [0, 0.05) is 42.6 Å². The number of carbonyl (C=O) groups is 2. The molecule has 0 atom stereocenters. The van der Waals surface area contributed by atoms with Crippen LogP contribution in [0.3, 0.4) is 0 Å². The first kappa shape index (κ1) is 59.4. The summed E-state index contributed by atoms with van der Waals surface area (Å²) in [6, 6.07) is 14.0. The zero-order valence-corrected chi connectivity index (χ0v) is 43.9. The molecule has 6 rings (SSSR count). The molecular formula is C48H54F8IN4NaO8. The molecule has 0 radical (unpaired) electrons. The van der Waals surface area contributed by atoms with Gasteiger partial charge in [-0.1, -0.05) is 59.6 Å². The summed E-state index contributed by atoms with van der Waals surface area (Å²) in [6.07, 6.45) is -5.78. The van der Waals surface area contributed by atoms with Gasteiger partial charge in [-0.3, -0.25) is 0 Å². The van der Waals surface area contributed by atoms with E-state index in [9.17, 15) is 44.7 Å². The first-order chi connectivity index (χ1) is 32.9.